The predicted octanol–water partition coefficient (Wildman–Crippen LogP) is 0.0670. The fourth-order valence-electron chi connectivity index (χ4n) is 0.989. The Morgan fingerprint density at radius 3 is 2.69 bits per heavy atom. The van der Waals surface area contributed by atoms with Crippen molar-refractivity contribution < 1.29 is 17.9 Å². The van der Waals surface area contributed by atoms with Crippen LogP contribution in [0.5, 0.6) is 0 Å². The molecule has 0 aromatic heterocycles. The number of sulfonamides is 1. The van der Waals surface area contributed by atoms with E-state index in [1.54, 1.807) is 0 Å². The van der Waals surface area contributed by atoms with Crippen molar-refractivity contribution in [3.05, 3.63) is 24.0 Å². The normalized spacial score (nSPS) is 13.7. The molecule has 16 heavy (non-hydrogen) atoms. The number of halogens is 1. The molecule has 0 saturated heterocycles. The number of anilines is 1. The first kappa shape index (κ1) is 12.9. The van der Waals surface area contributed by atoms with Crippen molar-refractivity contribution in [1.82, 2.24) is 4.72 Å². The maximum absolute atomic E-state index is 13.0. The third-order valence-electron chi connectivity index (χ3n) is 1.85. The molecular weight excluding hydrogens is 235 g/mol. The van der Waals surface area contributed by atoms with Gasteiger partial charge in [0.05, 0.1) is 16.7 Å². The molecule has 0 fully saturated rings. The number of hydrogen-bond donors (Lipinski definition) is 3. The van der Waals surface area contributed by atoms with Gasteiger partial charge in [-0.2, -0.15) is 0 Å². The van der Waals surface area contributed by atoms with Gasteiger partial charge in [0.25, 0.3) is 0 Å². The lowest BCUT2D eigenvalue weighted by Crippen LogP contribution is -2.30. The molecule has 0 aliphatic rings. The first-order valence-corrected chi connectivity index (χ1v) is 6.04. The average molecular weight is 248 g/mol. The smallest absolute Gasteiger partial charge is 0.240 e. The third-order valence-corrected chi connectivity index (χ3v) is 3.27. The molecule has 1 unspecified atom stereocenters. The van der Waals surface area contributed by atoms with Crippen LogP contribution in [-0.4, -0.2) is 26.2 Å². The first-order chi connectivity index (χ1) is 7.33. The lowest BCUT2D eigenvalue weighted by molar-refractivity contribution is 0.198. The Labute approximate surface area is 93.1 Å². The molecule has 4 N–H and O–H groups in total. The van der Waals surface area contributed by atoms with Gasteiger partial charge in [0.1, 0.15) is 5.82 Å². The van der Waals surface area contributed by atoms with Crippen molar-refractivity contribution in [2.75, 3.05) is 12.3 Å². The van der Waals surface area contributed by atoms with Gasteiger partial charge in [-0.3, -0.25) is 0 Å². The SMILES string of the molecule is CC(O)CNS(=O)(=O)c1ccc(N)c(F)c1. The molecule has 0 heterocycles. The van der Waals surface area contributed by atoms with Crippen molar-refractivity contribution in [3.63, 3.8) is 0 Å². The summed E-state index contributed by atoms with van der Waals surface area (Å²) in [5.41, 5.74) is 5.11. The molecule has 90 valence electrons. The highest BCUT2D eigenvalue weighted by Gasteiger charge is 2.15. The number of nitrogens with one attached hydrogen (secondary N) is 1. The Morgan fingerprint density at radius 2 is 2.19 bits per heavy atom. The third kappa shape index (κ3) is 3.16. The maximum Gasteiger partial charge on any atom is 0.240 e. The fourth-order valence-corrected chi connectivity index (χ4v) is 2.12. The summed E-state index contributed by atoms with van der Waals surface area (Å²) in [6.07, 6.45) is -0.812. The standard InChI is InChI=1S/C9H13FN2O3S/c1-6(13)5-12-16(14,15)7-2-3-9(11)8(10)4-7/h2-4,6,12-13H,5,11H2,1H3. The second-order valence-corrected chi connectivity index (χ2v) is 5.15. The summed E-state index contributed by atoms with van der Waals surface area (Å²) in [4.78, 5) is -0.222. The summed E-state index contributed by atoms with van der Waals surface area (Å²) in [6.45, 7) is 1.31. The molecular formula is C9H13FN2O3S. The highest BCUT2D eigenvalue weighted by Crippen LogP contribution is 2.15. The van der Waals surface area contributed by atoms with Gasteiger partial charge >= 0.3 is 0 Å². The van der Waals surface area contributed by atoms with Crippen molar-refractivity contribution in [2.45, 2.75) is 17.9 Å². The van der Waals surface area contributed by atoms with Gasteiger partial charge in [-0.1, -0.05) is 0 Å². The summed E-state index contributed by atoms with van der Waals surface area (Å²) in [7, 11) is -3.80. The number of rotatable bonds is 4. The molecule has 0 spiro atoms. The molecule has 0 saturated carbocycles. The van der Waals surface area contributed by atoms with E-state index in [1.165, 1.54) is 19.1 Å². The van der Waals surface area contributed by atoms with E-state index >= 15 is 0 Å². The van der Waals surface area contributed by atoms with E-state index in [0.29, 0.717) is 0 Å². The Morgan fingerprint density at radius 1 is 1.56 bits per heavy atom. The van der Waals surface area contributed by atoms with Crippen LogP contribution in [0.25, 0.3) is 0 Å². The molecule has 1 aromatic carbocycles. The van der Waals surface area contributed by atoms with Gasteiger partial charge in [-0.25, -0.2) is 17.5 Å². The van der Waals surface area contributed by atoms with Crippen molar-refractivity contribution in [1.29, 1.82) is 0 Å². The van der Waals surface area contributed by atoms with Crippen molar-refractivity contribution in [2.24, 2.45) is 0 Å². The van der Waals surface area contributed by atoms with Crippen LogP contribution in [0.4, 0.5) is 10.1 Å². The van der Waals surface area contributed by atoms with Gasteiger partial charge in [-0.05, 0) is 25.1 Å². The molecule has 0 radical (unpaired) electrons. The zero-order valence-corrected chi connectivity index (χ0v) is 9.46. The predicted molar refractivity (Wildman–Crippen MR) is 57.7 cm³/mol. The molecule has 0 aliphatic heterocycles. The minimum Gasteiger partial charge on any atom is -0.396 e. The van der Waals surface area contributed by atoms with Gasteiger partial charge < -0.3 is 10.8 Å². The largest absolute Gasteiger partial charge is 0.396 e. The Kier molecular flexibility index (Phi) is 3.84. The van der Waals surface area contributed by atoms with Crippen LogP contribution in [0.2, 0.25) is 0 Å². The van der Waals surface area contributed by atoms with Gasteiger partial charge in [0.2, 0.25) is 10.0 Å². The summed E-state index contributed by atoms with van der Waals surface area (Å²) in [5.74, 6) is -0.792. The Balaban J connectivity index is 2.94. The van der Waals surface area contributed by atoms with E-state index in [1.807, 2.05) is 0 Å². The summed E-state index contributed by atoms with van der Waals surface area (Å²) in [6, 6.07) is 3.20. The zero-order valence-electron chi connectivity index (χ0n) is 8.64. The first-order valence-electron chi connectivity index (χ1n) is 4.55. The maximum atomic E-state index is 13.0. The van der Waals surface area contributed by atoms with Gasteiger partial charge in [0.15, 0.2) is 0 Å². The van der Waals surface area contributed by atoms with Crippen LogP contribution in [-0.2, 0) is 10.0 Å². The lowest BCUT2D eigenvalue weighted by Gasteiger charge is -2.08. The second-order valence-electron chi connectivity index (χ2n) is 3.38. The van der Waals surface area contributed by atoms with E-state index in [4.69, 9.17) is 10.8 Å². The van der Waals surface area contributed by atoms with Crippen LogP contribution in [0.3, 0.4) is 0 Å². The van der Waals surface area contributed by atoms with E-state index in [9.17, 15) is 12.8 Å². The number of hydrogen-bond acceptors (Lipinski definition) is 4. The number of nitrogens with two attached hydrogens (primary N) is 1. The highest BCUT2D eigenvalue weighted by molar-refractivity contribution is 7.89. The number of aliphatic hydroxyl groups is 1. The Bertz CT molecular complexity index is 474. The van der Waals surface area contributed by atoms with Crippen molar-refractivity contribution in [3.8, 4) is 0 Å². The van der Waals surface area contributed by atoms with E-state index in [0.717, 1.165) is 6.07 Å². The number of benzene rings is 1. The van der Waals surface area contributed by atoms with Gasteiger partial charge in [-0.15, -0.1) is 0 Å². The summed E-state index contributed by atoms with van der Waals surface area (Å²) in [5, 5.41) is 8.94. The quantitative estimate of drug-likeness (QED) is 0.657. The molecule has 1 atom stereocenters. The van der Waals surface area contributed by atoms with E-state index < -0.39 is 21.9 Å². The average Bonchev–Trinajstić information content (AvgIpc) is 2.19. The summed E-state index contributed by atoms with van der Waals surface area (Å²) >= 11 is 0. The van der Waals surface area contributed by atoms with Crippen LogP contribution < -0.4 is 10.5 Å². The van der Waals surface area contributed by atoms with Gasteiger partial charge in [0, 0.05) is 6.54 Å². The molecule has 1 aromatic rings. The number of aliphatic hydroxyl groups excluding tert-OH is 1. The topological polar surface area (TPSA) is 92.4 Å². The van der Waals surface area contributed by atoms with Crippen LogP contribution in [0.1, 0.15) is 6.92 Å². The molecule has 0 amide bonds. The minimum atomic E-state index is -3.80. The molecule has 5 nitrogen and oxygen atoms in total. The van der Waals surface area contributed by atoms with Crippen LogP contribution >= 0.6 is 0 Å². The summed E-state index contributed by atoms with van der Waals surface area (Å²) < 4.78 is 38.3. The van der Waals surface area contributed by atoms with Crippen LogP contribution in [0, 0.1) is 5.82 Å². The van der Waals surface area contributed by atoms with Crippen LogP contribution in [0.15, 0.2) is 23.1 Å². The zero-order chi connectivity index (χ0) is 12.3. The lowest BCUT2D eigenvalue weighted by atomic mass is 10.3. The Hall–Kier alpha value is -1.18. The fraction of sp³-hybridized carbons (Fsp3) is 0.333. The molecule has 7 heteroatoms. The minimum absolute atomic E-state index is 0.116. The monoisotopic (exact) mass is 248 g/mol. The molecule has 1 rings (SSSR count). The molecule has 0 aliphatic carbocycles. The highest BCUT2D eigenvalue weighted by atomic mass is 32.2. The van der Waals surface area contributed by atoms with E-state index in [2.05, 4.69) is 4.72 Å². The number of nitrogen functional groups attached to an aromatic ring is 1. The molecule has 0 bridgehead atoms. The van der Waals surface area contributed by atoms with E-state index in [-0.39, 0.29) is 17.1 Å². The van der Waals surface area contributed by atoms with Crippen molar-refractivity contribution >= 4 is 15.7 Å². The second kappa shape index (κ2) is 4.77.